The van der Waals surface area contributed by atoms with Crippen LogP contribution in [0, 0.1) is 0 Å². The van der Waals surface area contributed by atoms with Gasteiger partial charge in [0.2, 0.25) is 0 Å². The molecule has 0 unspecified atom stereocenters. The third-order valence-electron chi connectivity index (χ3n) is 3.21. The summed E-state index contributed by atoms with van der Waals surface area (Å²) in [5.41, 5.74) is 10.4. The third-order valence-corrected chi connectivity index (χ3v) is 3.21. The van der Waals surface area contributed by atoms with Crippen molar-refractivity contribution < 1.29 is 5.11 Å². The van der Waals surface area contributed by atoms with E-state index in [2.05, 4.69) is 9.98 Å². The van der Waals surface area contributed by atoms with Crippen molar-refractivity contribution >= 4 is 17.1 Å². The number of hydrogen-bond donors (Lipinski definition) is 2. The minimum absolute atomic E-state index is 0.233. The maximum atomic E-state index is 9.26. The van der Waals surface area contributed by atoms with Gasteiger partial charge in [-0.2, -0.15) is 0 Å². The smallest absolute Gasteiger partial charge is 0.115 e. The van der Waals surface area contributed by atoms with Gasteiger partial charge in [0.05, 0.1) is 22.8 Å². The molecule has 0 saturated heterocycles. The van der Waals surface area contributed by atoms with E-state index in [-0.39, 0.29) is 5.75 Å². The van der Waals surface area contributed by atoms with Crippen molar-refractivity contribution in [3.63, 3.8) is 0 Å². The van der Waals surface area contributed by atoms with E-state index in [0.717, 1.165) is 36.5 Å². The van der Waals surface area contributed by atoms with Gasteiger partial charge in [0.15, 0.2) is 0 Å². The van der Waals surface area contributed by atoms with Crippen molar-refractivity contribution in [2.45, 2.75) is 12.8 Å². The summed E-state index contributed by atoms with van der Waals surface area (Å²) in [5, 5.41) is 9.26. The van der Waals surface area contributed by atoms with Gasteiger partial charge in [0.25, 0.3) is 0 Å². The number of nitrogens with zero attached hydrogens (tertiary/aromatic N) is 2. The number of allylic oxidation sites excluding steroid dienone is 3. The zero-order valence-corrected chi connectivity index (χ0v) is 10.5. The summed E-state index contributed by atoms with van der Waals surface area (Å²) in [6.07, 6.45) is 6.01. The van der Waals surface area contributed by atoms with Gasteiger partial charge in [0, 0.05) is 6.54 Å². The van der Waals surface area contributed by atoms with Crippen LogP contribution < -0.4 is 5.73 Å². The van der Waals surface area contributed by atoms with Crippen LogP contribution in [0.25, 0.3) is 0 Å². The molecular weight excluding hydrogens is 238 g/mol. The van der Waals surface area contributed by atoms with Crippen LogP contribution in [0.4, 0.5) is 5.69 Å². The Balaban J connectivity index is 1.97. The number of aliphatic imine (C=N–C) groups is 2. The van der Waals surface area contributed by atoms with Crippen LogP contribution in [0.5, 0.6) is 5.75 Å². The average molecular weight is 253 g/mol. The molecule has 0 bridgehead atoms. The summed E-state index contributed by atoms with van der Waals surface area (Å²) in [5.74, 6) is 0.233. The van der Waals surface area contributed by atoms with E-state index in [1.807, 2.05) is 12.2 Å². The molecule has 4 heteroatoms. The number of phenolic OH excluding ortho intramolecular Hbond substituents is 1. The molecule has 19 heavy (non-hydrogen) atoms. The lowest BCUT2D eigenvalue weighted by Gasteiger charge is -2.18. The molecule has 0 aromatic heterocycles. The fourth-order valence-electron chi connectivity index (χ4n) is 2.22. The van der Waals surface area contributed by atoms with Crippen LogP contribution in [0.2, 0.25) is 0 Å². The second-order valence-electron chi connectivity index (χ2n) is 4.65. The Bertz CT molecular complexity index is 621. The molecule has 1 heterocycles. The van der Waals surface area contributed by atoms with E-state index in [0.29, 0.717) is 5.70 Å². The second kappa shape index (κ2) is 4.72. The van der Waals surface area contributed by atoms with E-state index in [1.165, 1.54) is 5.57 Å². The first-order valence-electron chi connectivity index (χ1n) is 6.33. The molecule has 4 nitrogen and oxygen atoms in total. The van der Waals surface area contributed by atoms with Gasteiger partial charge in [0.1, 0.15) is 5.75 Å². The molecule has 1 aromatic rings. The third kappa shape index (κ3) is 2.42. The molecule has 3 N–H and O–H groups in total. The van der Waals surface area contributed by atoms with Crippen molar-refractivity contribution in [1.29, 1.82) is 0 Å². The zero-order chi connectivity index (χ0) is 13.2. The van der Waals surface area contributed by atoms with Crippen LogP contribution in [-0.2, 0) is 0 Å². The Morgan fingerprint density at radius 3 is 2.74 bits per heavy atom. The van der Waals surface area contributed by atoms with Crippen LogP contribution in [0.3, 0.4) is 0 Å². The highest BCUT2D eigenvalue weighted by Crippen LogP contribution is 2.23. The predicted octanol–water partition coefficient (Wildman–Crippen LogP) is 2.48. The number of hydrogen-bond acceptors (Lipinski definition) is 4. The number of rotatable bonds is 1. The predicted molar refractivity (Wildman–Crippen MR) is 77.1 cm³/mol. The summed E-state index contributed by atoms with van der Waals surface area (Å²) in [4.78, 5) is 8.97. The summed E-state index contributed by atoms with van der Waals surface area (Å²) < 4.78 is 0. The lowest BCUT2D eigenvalue weighted by molar-refractivity contribution is 0.475. The molecule has 0 atom stereocenters. The normalized spacial score (nSPS) is 20.4. The first-order valence-corrected chi connectivity index (χ1v) is 6.33. The number of nitrogens with two attached hydrogens (primary N) is 1. The van der Waals surface area contributed by atoms with Gasteiger partial charge >= 0.3 is 0 Å². The molecular formula is C15H15N3O. The monoisotopic (exact) mass is 253 g/mol. The topological polar surface area (TPSA) is 71.0 Å². The lowest BCUT2D eigenvalue weighted by atomic mass is 9.94. The van der Waals surface area contributed by atoms with Gasteiger partial charge in [-0.3, -0.25) is 4.99 Å². The number of aromatic hydroxyl groups is 1. The number of fused-ring (bicyclic) bond motifs is 1. The SMILES string of the molecule is NC1=CC2=NCCCC2=CC1=Nc1ccc(O)cc1. The standard InChI is InChI=1S/C15H15N3O/c16-13-9-14-10(2-1-7-17-14)8-15(13)18-11-3-5-12(19)6-4-11/h3-6,8-9,19H,1-2,7,16H2. The highest BCUT2D eigenvalue weighted by atomic mass is 16.3. The van der Waals surface area contributed by atoms with Crippen molar-refractivity contribution in [2.24, 2.45) is 15.7 Å². The second-order valence-corrected chi connectivity index (χ2v) is 4.65. The molecule has 0 fully saturated rings. The van der Waals surface area contributed by atoms with E-state index in [9.17, 15) is 5.11 Å². The zero-order valence-electron chi connectivity index (χ0n) is 10.5. The fourth-order valence-corrected chi connectivity index (χ4v) is 2.22. The van der Waals surface area contributed by atoms with Gasteiger partial charge in [-0.05, 0) is 54.8 Å². The lowest BCUT2D eigenvalue weighted by Crippen LogP contribution is -2.21. The summed E-state index contributed by atoms with van der Waals surface area (Å²) >= 11 is 0. The molecule has 0 saturated carbocycles. The molecule has 96 valence electrons. The maximum Gasteiger partial charge on any atom is 0.115 e. The summed E-state index contributed by atoms with van der Waals surface area (Å²) in [6.45, 7) is 0.876. The molecule has 1 aliphatic carbocycles. The number of phenols is 1. The molecule has 1 aliphatic heterocycles. The van der Waals surface area contributed by atoms with Crippen molar-refractivity contribution in [3.05, 3.63) is 47.7 Å². The van der Waals surface area contributed by atoms with Gasteiger partial charge in [-0.25, -0.2) is 4.99 Å². The van der Waals surface area contributed by atoms with Gasteiger partial charge < -0.3 is 10.8 Å². The summed E-state index contributed by atoms with van der Waals surface area (Å²) in [7, 11) is 0. The fraction of sp³-hybridized carbons (Fsp3) is 0.200. The van der Waals surface area contributed by atoms with E-state index >= 15 is 0 Å². The van der Waals surface area contributed by atoms with Crippen molar-refractivity contribution in [1.82, 2.24) is 0 Å². The van der Waals surface area contributed by atoms with E-state index in [1.54, 1.807) is 24.3 Å². The number of benzene rings is 1. The Morgan fingerprint density at radius 1 is 1.16 bits per heavy atom. The molecule has 3 rings (SSSR count). The quantitative estimate of drug-likeness (QED) is 0.755. The molecule has 0 radical (unpaired) electrons. The Morgan fingerprint density at radius 2 is 1.95 bits per heavy atom. The highest BCUT2D eigenvalue weighted by Gasteiger charge is 2.17. The Labute approximate surface area is 111 Å². The minimum atomic E-state index is 0.233. The molecule has 1 aromatic carbocycles. The van der Waals surface area contributed by atoms with Crippen LogP contribution in [-0.4, -0.2) is 23.1 Å². The van der Waals surface area contributed by atoms with Gasteiger partial charge in [-0.1, -0.05) is 0 Å². The molecule has 0 spiro atoms. The van der Waals surface area contributed by atoms with Gasteiger partial charge in [-0.15, -0.1) is 0 Å². The maximum absolute atomic E-state index is 9.26. The largest absolute Gasteiger partial charge is 0.508 e. The minimum Gasteiger partial charge on any atom is -0.508 e. The van der Waals surface area contributed by atoms with Crippen LogP contribution in [0.15, 0.2) is 57.7 Å². The van der Waals surface area contributed by atoms with Crippen molar-refractivity contribution in [3.8, 4) is 5.75 Å². The first-order chi connectivity index (χ1) is 9.22. The van der Waals surface area contributed by atoms with Crippen LogP contribution in [0.1, 0.15) is 12.8 Å². The molecule has 0 amide bonds. The first kappa shape index (κ1) is 11.7. The molecule has 2 aliphatic rings. The summed E-state index contributed by atoms with van der Waals surface area (Å²) in [6, 6.07) is 6.75. The average Bonchev–Trinajstić information content (AvgIpc) is 2.42. The highest BCUT2D eigenvalue weighted by molar-refractivity contribution is 6.24. The van der Waals surface area contributed by atoms with Crippen LogP contribution >= 0.6 is 0 Å². The Kier molecular flexibility index (Phi) is 2.91. The van der Waals surface area contributed by atoms with E-state index < -0.39 is 0 Å². The Hall–Kier alpha value is -2.36. The van der Waals surface area contributed by atoms with E-state index in [4.69, 9.17) is 5.73 Å². The van der Waals surface area contributed by atoms with Crippen molar-refractivity contribution in [2.75, 3.05) is 6.54 Å².